The Labute approximate surface area is 147 Å². The molecule has 0 aliphatic carbocycles. The number of amides is 1. The van der Waals surface area contributed by atoms with E-state index in [2.05, 4.69) is 15.4 Å². The van der Waals surface area contributed by atoms with Crippen LogP contribution in [-0.4, -0.2) is 51.8 Å². The van der Waals surface area contributed by atoms with E-state index in [9.17, 15) is 9.18 Å². The Morgan fingerprint density at radius 1 is 1.40 bits per heavy atom. The summed E-state index contributed by atoms with van der Waals surface area (Å²) in [7, 11) is 1.88. The van der Waals surface area contributed by atoms with Crippen LogP contribution < -0.4 is 5.32 Å². The molecule has 1 amide bonds. The van der Waals surface area contributed by atoms with E-state index in [1.165, 1.54) is 10.7 Å². The molecule has 1 atom stereocenters. The van der Waals surface area contributed by atoms with Crippen molar-refractivity contribution in [3.05, 3.63) is 41.7 Å². The van der Waals surface area contributed by atoms with E-state index < -0.39 is 0 Å². The van der Waals surface area contributed by atoms with Crippen LogP contribution in [0, 0.1) is 5.82 Å². The maximum absolute atomic E-state index is 14.2. The van der Waals surface area contributed by atoms with Gasteiger partial charge < -0.3 is 10.2 Å². The molecule has 25 heavy (non-hydrogen) atoms. The molecule has 3 rings (SSSR count). The highest BCUT2D eigenvalue weighted by atomic mass is 19.1. The number of halogens is 1. The number of benzene rings is 1. The molecule has 0 saturated carbocycles. The maximum atomic E-state index is 14.2. The number of nitrogens with zero attached hydrogens (tertiary/aromatic N) is 4. The van der Waals surface area contributed by atoms with Crippen molar-refractivity contribution in [2.24, 2.45) is 0 Å². The average Bonchev–Trinajstić information content (AvgIpc) is 3.22. The number of nitrogens with one attached hydrogen (secondary N) is 1. The fourth-order valence-electron chi connectivity index (χ4n) is 3.27. The first-order chi connectivity index (χ1) is 12.0. The van der Waals surface area contributed by atoms with E-state index in [4.69, 9.17) is 0 Å². The maximum Gasteiger partial charge on any atom is 0.293 e. The summed E-state index contributed by atoms with van der Waals surface area (Å²) in [4.78, 5) is 19.2. The fraction of sp³-hybridized carbons (Fsp3) is 0.500. The average molecular weight is 345 g/mol. The van der Waals surface area contributed by atoms with E-state index in [-0.39, 0.29) is 29.5 Å². The van der Waals surface area contributed by atoms with Crippen molar-refractivity contribution >= 4 is 5.91 Å². The van der Waals surface area contributed by atoms with Crippen molar-refractivity contribution in [1.82, 2.24) is 25.0 Å². The van der Waals surface area contributed by atoms with Crippen molar-refractivity contribution in [1.29, 1.82) is 0 Å². The second-order valence-electron chi connectivity index (χ2n) is 6.66. The Balaban J connectivity index is 1.97. The first-order valence-corrected chi connectivity index (χ1v) is 8.70. The van der Waals surface area contributed by atoms with Gasteiger partial charge >= 0.3 is 0 Å². The lowest BCUT2D eigenvalue weighted by Gasteiger charge is -2.23. The van der Waals surface area contributed by atoms with Gasteiger partial charge in [0.2, 0.25) is 5.82 Å². The molecule has 134 valence electrons. The lowest BCUT2D eigenvalue weighted by molar-refractivity contribution is 0.0724. The standard InChI is InChI=1S/C18H24FN5O/c1-12(2)17-21-16(18(25)23-10-6-7-13(23)11-20-3)22-24(17)15-9-5-4-8-14(15)19/h4-5,8-9,12-13,20H,6-7,10-11H2,1-3H3. The normalized spacial score (nSPS) is 17.5. The summed E-state index contributed by atoms with van der Waals surface area (Å²) < 4.78 is 15.7. The Morgan fingerprint density at radius 3 is 2.84 bits per heavy atom. The highest BCUT2D eigenvalue weighted by molar-refractivity contribution is 5.91. The number of rotatable bonds is 5. The van der Waals surface area contributed by atoms with Gasteiger partial charge in [-0.25, -0.2) is 14.1 Å². The minimum atomic E-state index is -0.387. The van der Waals surface area contributed by atoms with Gasteiger partial charge in [0.15, 0.2) is 0 Å². The molecule has 1 aliphatic heterocycles. The van der Waals surface area contributed by atoms with Crippen LogP contribution in [0.3, 0.4) is 0 Å². The molecule has 7 heteroatoms. The molecule has 1 fully saturated rings. The molecule has 1 aromatic carbocycles. The number of aromatic nitrogens is 3. The van der Waals surface area contributed by atoms with Crippen molar-refractivity contribution in [2.45, 2.75) is 38.6 Å². The molecule has 1 aliphatic rings. The molecule has 6 nitrogen and oxygen atoms in total. The highest BCUT2D eigenvalue weighted by Crippen LogP contribution is 2.22. The largest absolute Gasteiger partial charge is 0.332 e. The van der Waals surface area contributed by atoms with E-state index in [1.54, 1.807) is 18.2 Å². The van der Waals surface area contributed by atoms with Crippen molar-refractivity contribution in [3.63, 3.8) is 0 Å². The van der Waals surface area contributed by atoms with Crippen LogP contribution in [0.4, 0.5) is 4.39 Å². The zero-order chi connectivity index (χ0) is 18.0. The topological polar surface area (TPSA) is 63.1 Å². The van der Waals surface area contributed by atoms with Gasteiger partial charge in [0.25, 0.3) is 5.91 Å². The van der Waals surface area contributed by atoms with Crippen molar-refractivity contribution in [3.8, 4) is 5.69 Å². The summed E-state index contributed by atoms with van der Waals surface area (Å²) >= 11 is 0. The first-order valence-electron chi connectivity index (χ1n) is 8.70. The predicted molar refractivity (Wildman–Crippen MR) is 93.4 cm³/mol. The summed E-state index contributed by atoms with van der Waals surface area (Å²) in [6.45, 7) is 5.36. The third kappa shape index (κ3) is 3.42. The second-order valence-corrected chi connectivity index (χ2v) is 6.66. The number of para-hydroxylation sites is 1. The summed E-state index contributed by atoms with van der Waals surface area (Å²) in [6, 6.07) is 6.55. The molecule has 2 aromatic rings. The number of likely N-dealkylation sites (tertiary alicyclic amines) is 1. The third-order valence-electron chi connectivity index (χ3n) is 4.50. The molecule has 0 radical (unpaired) electrons. The summed E-state index contributed by atoms with van der Waals surface area (Å²) in [5.74, 6) is 0.158. The zero-order valence-electron chi connectivity index (χ0n) is 14.9. The van der Waals surface area contributed by atoms with E-state index in [0.717, 1.165) is 19.4 Å². The minimum absolute atomic E-state index is 0.0142. The Hall–Kier alpha value is -2.28. The van der Waals surface area contributed by atoms with Crippen LogP contribution in [0.2, 0.25) is 0 Å². The van der Waals surface area contributed by atoms with Crippen LogP contribution in [0.15, 0.2) is 24.3 Å². The Kier molecular flexibility index (Phi) is 5.13. The number of carbonyl (C=O) groups excluding carboxylic acids is 1. The molecular formula is C18H24FN5O. The lowest BCUT2D eigenvalue weighted by atomic mass is 10.2. The minimum Gasteiger partial charge on any atom is -0.332 e. The van der Waals surface area contributed by atoms with E-state index >= 15 is 0 Å². The van der Waals surface area contributed by atoms with E-state index in [0.29, 0.717) is 18.1 Å². The summed E-state index contributed by atoms with van der Waals surface area (Å²) in [5.41, 5.74) is 0.311. The highest BCUT2D eigenvalue weighted by Gasteiger charge is 2.32. The molecule has 1 aromatic heterocycles. The molecule has 1 N–H and O–H groups in total. The molecule has 2 heterocycles. The van der Waals surface area contributed by atoms with Crippen LogP contribution in [0.25, 0.3) is 5.69 Å². The Morgan fingerprint density at radius 2 is 2.16 bits per heavy atom. The number of carbonyl (C=O) groups is 1. The Bertz CT molecular complexity index is 758. The van der Waals surface area contributed by atoms with Gasteiger partial charge in [0.05, 0.1) is 0 Å². The van der Waals surface area contributed by atoms with Gasteiger partial charge in [-0.3, -0.25) is 4.79 Å². The van der Waals surface area contributed by atoms with Gasteiger partial charge in [0, 0.05) is 25.0 Å². The third-order valence-corrected chi connectivity index (χ3v) is 4.50. The van der Waals surface area contributed by atoms with Crippen LogP contribution >= 0.6 is 0 Å². The second kappa shape index (κ2) is 7.31. The number of hydrogen-bond acceptors (Lipinski definition) is 4. The smallest absolute Gasteiger partial charge is 0.293 e. The van der Waals surface area contributed by atoms with Gasteiger partial charge in [-0.2, -0.15) is 0 Å². The molecule has 0 spiro atoms. The number of hydrogen-bond donors (Lipinski definition) is 1. The van der Waals surface area contributed by atoms with Crippen LogP contribution in [0.1, 0.15) is 49.1 Å². The van der Waals surface area contributed by atoms with Crippen LogP contribution in [0.5, 0.6) is 0 Å². The number of likely N-dealkylation sites (N-methyl/N-ethyl adjacent to an activating group) is 1. The zero-order valence-corrected chi connectivity index (χ0v) is 14.9. The first kappa shape index (κ1) is 17.5. The molecule has 1 unspecified atom stereocenters. The SMILES string of the molecule is CNCC1CCCN1C(=O)c1nc(C(C)C)n(-c2ccccc2F)n1. The summed E-state index contributed by atoms with van der Waals surface area (Å²) in [5, 5.41) is 7.48. The monoisotopic (exact) mass is 345 g/mol. The van der Waals surface area contributed by atoms with Crippen molar-refractivity contribution in [2.75, 3.05) is 20.1 Å². The van der Waals surface area contributed by atoms with Crippen LogP contribution in [-0.2, 0) is 0 Å². The van der Waals surface area contributed by atoms with E-state index in [1.807, 2.05) is 25.8 Å². The fourth-order valence-corrected chi connectivity index (χ4v) is 3.27. The lowest BCUT2D eigenvalue weighted by Crippen LogP contribution is -2.41. The van der Waals surface area contributed by atoms with Crippen molar-refractivity contribution < 1.29 is 9.18 Å². The summed E-state index contributed by atoms with van der Waals surface area (Å²) in [6.07, 6.45) is 1.95. The molecule has 1 saturated heterocycles. The van der Waals surface area contributed by atoms with Gasteiger partial charge in [-0.15, -0.1) is 5.10 Å². The predicted octanol–water partition coefficient (Wildman–Crippen LogP) is 2.35. The quantitative estimate of drug-likeness (QED) is 0.904. The van der Waals surface area contributed by atoms with Gasteiger partial charge in [-0.1, -0.05) is 26.0 Å². The molecular weight excluding hydrogens is 321 g/mol. The van der Waals surface area contributed by atoms with Gasteiger partial charge in [-0.05, 0) is 32.0 Å². The molecule has 0 bridgehead atoms. The van der Waals surface area contributed by atoms with Gasteiger partial charge in [0.1, 0.15) is 17.3 Å².